The van der Waals surface area contributed by atoms with Gasteiger partial charge in [-0.25, -0.2) is 0 Å². The lowest BCUT2D eigenvalue weighted by molar-refractivity contribution is 0.167. The monoisotopic (exact) mass is 277 g/mol. The van der Waals surface area contributed by atoms with Crippen LogP contribution in [0.4, 0.5) is 0 Å². The normalized spacial score (nSPS) is 20.0. The lowest BCUT2D eigenvalue weighted by Crippen LogP contribution is -2.28. The van der Waals surface area contributed by atoms with Crippen LogP contribution in [0.1, 0.15) is 32.3 Å². The molecule has 2 atom stereocenters. The van der Waals surface area contributed by atoms with Crippen LogP contribution in [0, 0.1) is 5.92 Å². The standard InChI is InChI=1S/C17H27NO2/c1-3-9-18-14(2)11-15-4-6-17(7-5-15)20-13-16-8-10-19-12-16/h4-7,14,16,18H,3,8-13H2,1-2H3. The molecular formula is C17H27NO2. The smallest absolute Gasteiger partial charge is 0.119 e. The molecule has 2 rings (SSSR count). The van der Waals surface area contributed by atoms with Crippen molar-refractivity contribution in [3.05, 3.63) is 29.8 Å². The van der Waals surface area contributed by atoms with Crippen LogP contribution in [0.5, 0.6) is 5.75 Å². The summed E-state index contributed by atoms with van der Waals surface area (Å²) in [7, 11) is 0. The van der Waals surface area contributed by atoms with Gasteiger partial charge in [0.25, 0.3) is 0 Å². The van der Waals surface area contributed by atoms with E-state index in [1.807, 2.05) is 0 Å². The second kappa shape index (κ2) is 8.28. The highest BCUT2D eigenvalue weighted by Gasteiger charge is 2.16. The molecule has 0 aromatic heterocycles. The fraction of sp³-hybridized carbons (Fsp3) is 0.647. The van der Waals surface area contributed by atoms with Crippen molar-refractivity contribution in [2.75, 3.05) is 26.4 Å². The zero-order valence-electron chi connectivity index (χ0n) is 12.7. The van der Waals surface area contributed by atoms with Gasteiger partial charge in [0.2, 0.25) is 0 Å². The van der Waals surface area contributed by atoms with Crippen LogP contribution >= 0.6 is 0 Å². The quantitative estimate of drug-likeness (QED) is 0.792. The Morgan fingerprint density at radius 2 is 2.15 bits per heavy atom. The van der Waals surface area contributed by atoms with Crippen molar-refractivity contribution in [2.45, 2.75) is 39.2 Å². The van der Waals surface area contributed by atoms with Crippen molar-refractivity contribution >= 4 is 0 Å². The van der Waals surface area contributed by atoms with Crippen molar-refractivity contribution in [3.8, 4) is 5.75 Å². The van der Waals surface area contributed by atoms with Gasteiger partial charge in [-0.1, -0.05) is 19.1 Å². The van der Waals surface area contributed by atoms with E-state index in [1.54, 1.807) is 0 Å². The fourth-order valence-electron chi connectivity index (χ4n) is 2.47. The summed E-state index contributed by atoms with van der Waals surface area (Å²) in [5, 5.41) is 3.51. The second-order valence-corrected chi connectivity index (χ2v) is 5.74. The molecule has 1 heterocycles. The predicted octanol–water partition coefficient (Wildman–Crippen LogP) is 3.03. The average molecular weight is 277 g/mol. The molecule has 1 saturated heterocycles. The molecule has 1 aliphatic rings. The molecule has 3 nitrogen and oxygen atoms in total. The molecule has 0 bridgehead atoms. The van der Waals surface area contributed by atoms with Gasteiger partial charge in [-0.05, 0) is 50.4 Å². The minimum atomic E-state index is 0.525. The molecule has 1 aromatic carbocycles. The first-order chi connectivity index (χ1) is 9.78. The minimum Gasteiger partial charge on any atom is -0.493 e. The molecule has 0 saturated carbocycles. The zero-order valence-corrected chi connectivity index (χ0v) is 12.7. The molecule has 20 heavy (non-hydrogen) atoms. The maximum atomic E-state index is 5.82. The molecule has 1 aliphatic heterocycles. The summed E-state index contributed by atoms with van der Waals surface area (Å²) < 4.78 is 11.2. The SMILES string of the molecule is CCCNC(C)Cc1ccc(OCC2CCOC2)cc1. The number of benzene rings is 1. The van der Waals surface area contributed by atoms with Crippen LogP contribution in [0.25, 0.3) is 0 Å². The van der Waals surface area contributed by atoms with E-state index in [0.29, 0.717) is 12.0 Å². The van der Waals surface area contributed by atoms with Crippen LogP contribution in [0.3, 0.4) is 0 Å². The number of rotatable bonds is 8. The Bertz CT molecular complexity index is 371. The van der Waals surface area contributed by atoms with Gasteiger partial charge in [-0.15, -0.1) is 0 Å². The highest BCUT2D eigenvalue weighted by atomic mass is 16.5. The van der Waals surface area contributed by atoms with Crippen molar-refractivity contribution in [2.24, 2.45) is 5.92 Å². The maximum Gasteiger partial charge on any atom is 0.119 e. The first kappa shape index (κ1) is 15.3. The van der Waals surface area contributed by atoms with Crippen molar-refractivity contribution in [1.82, 2.24) is 5.32 Å². The van der Waals surface area contributed by atoms with Gasteiger partial charge >= 0.3 is 0 Å². The Hall–Kier alpha value is -1.06. The number of ether oxygens (including phenoxy) is 2. The largest absolute Gasteiger partial charge is 0.493 e. The van der Waals surface area contributed by atoms with E-state index in [-0.39, 0.29) is 0 Å². The minimum absolute atomic E-state index is 0.525. The van der Waals surface area contributed by atoms with Crippen molar-refractivity contribution < 1.29 is 9.47 Å². The highest BCUT2D eigenvalue weighted by molar-refractivity contribution is 5.27. The third kappa shape index (κ3) is 5.14. The average Bonchev–Trinajstić information content (AvgIpc) is 2.98. The summed E-state index contributed by atoms with van der Waals surface area (Å²) in [6.07, 6.45) is 3.37. The summed E-state index contributed by atoms with van der Waals surface area (Å²) in [4.78, 5) is 0. The van der Waals surface area contributed by atoms with E-state index in [1.165, 1.54) is 12.0 Å². The van der Waals surface area contributed by atoms with Gasteiger partial charge in [-0.2, -0.15) is 0 Å². The first-order valence-corrected chi connectivity index (χ1v) is 7.80. The van der Waals surface area contributed by atoms with Crippen LogP contribution < -0.4 is 10.1 Å². The molecule has 1 N–H and O–H groups in total. The van der Waals surface area contributed by atoms with Gasteiger partial charge in [0.15, 0.2) is 0 Å². The Balaban J connectivity index is 1.74. The van der Waals surface area contributed by atoms with Gasteiger partial charge in [0.1, 0.15) is 5.75 Å². The van der Waals surface area contributed by atoms with Crippen molar-refractivity contribution in [3.63, 3.8) is 0 Å². The Kier molecular flexibility index (Phi) is 6.34. The Morgan fingerprint density at radius 3 is 2.80 bits per heavy atom. The predicted molar refractivity (Wildman–Crippen MR) is 82.3 cm³/mol. The zero-order chi connectivity index (χ0) is 14.2. The van der Waals surface area contributed by atoms with E-state index in [0.717, 1.165) is 45.0 Å². The van der Waals surface area contributed by atoms with E-state index < -0.39 is 0 Å². The Labute approximate surface area is 122 Å². The Morgan fingerprint density at radius 1 is 1.35 bits per heavy atom. The first-order valence-electron chi connectivity index (χ1n) is 7.80. The van der Waals surface area contributed by atoms with Crippen LogP contribution in [-0.2, 0) is 11.2 Å². The van der Waals surface area contributed by atoms with Crippen molar-refractivity contribution in [1.29, 1.82) is 0 Å². The lowest BCUT2D eigenvalue weighted by atomic mass is 10.1. The van der Waals surface area contributed by atoms with Gasteiger partial charge < -0.3 is 14.8 Å². The number of hydrogen-bond donors (Lipinski definition) is 1. The summed E-state index contributed by atoms with van der Waals surface area (Å²) in [6, 6.07) is 9.03. The van der Waals surface area contributed by atoms with E-state index in [4.69, 9.17) is 9.47 Å². The van der Waals surface area contributed by atoms with Gasteiger partial charge in [-0.3, -0.25) is 0 Å². The van der Waals surface area contributed by atoms with Gasteiger partial charge in [0.05, 0.1) is 13.2 Å². The molecule has 2 unspecified atom stereocenters. The van der Waals surface area contributed by atoms with Gasteiger partial charge in [0, 0.05) is 18.6 Å². The molecule has 1 fully saturated rings. The highest BCUT2D eigenvalue weighted by Crippen LogP contribution is 2.17. The third-order valence-corrected chi connectivity index (χ3v) is 3.72. The summed E-state index contributed by atoms with van der Waals surface area (Å²) in [6.45, 7) is 8.02. The van der Waals surface area contributed by atoms with E-state index in [9.17, 15) is 0 Å². The second-order valence-electron chi connectivity index (χ2n) is 5.74. The summed E-state index contributed by atoms with van der Waals surface area (Å²) in [5.41, 5.74) is 1.36. The molecular weight excluding hydrogens is 250 g/mol. The number of hydrogen-bond acceptors (Lipinski definition) is 3. The van der Waals surface area contributed by atoms with Crippen LogP contribution in [0.2, 0.25) is 0 Å². The molecule has 0 spiro atoms. The number of nitrogens with one attached hydrogen (secondary N) is 1. The molecule has 112 valence electrons. The lowest BCUT2D eigenvalue weighted by Gasteiger charge is -2.14. The van der Waals surface area contributed by atoms with E-state index >= 15 is 0 Å². The molecule has 3 heteroatoms. The van der Waals surface area contributed by atoms with Crippen LogP contribution in [0.15, 0.2) is 24.3 Å². The third-order valence-electron chi connectivity index (χ3n) is 3.72. The molecule has 0 radical (unpaired) electrons. The van der Waals surface area contributed by atoms with E-state index in [2.05, 4.69) is 43.4 Å². The summed E-state index contributed by atoms with van der Waals surface area (Å²) >= 11 is 0. The molecule has 0 amide bonds. The topological polar surface area (TPSA) is 30.5 Å². The molecule has 0 aliphatic carbocycles. The summed E-state index contributed by atoms with van der Waals surface area (Å²) in [5.74, 6) is 1.53. The van der Waals surface area contributed by atoms with Crippen LogP contribution in [-0.4, -0.2) is 32.4 Å². The maximum absolute atomic E-state index is 5.82. The molecule has 1 aromatic rings. The fourth-order valence-corrected chi connectivity index (χ4v) is 2.47.